The number of aryl methyl sites for hydroxylation is 2. The highest BCUT2D eigenvalue weighted by atomic mass is 32.1. The number of benzene rings is 1. The van der Waals surface area contributed by atoms with E-state index in [0.717, 1.165) is 10.4 Å². The van der Waals surface area contributed by atoms with Crippen molar-refractivity contribution in [2.45, 2.75) is 40.2 Å². The molecule has 25 heavy (non-hydrogen) atoms. The van der Waals surface area contributed by atoms with E-state index in [1.54, 1.807) is 6.20 Å². The fourth-order valence-electron chi connectivity index (χ4n) is 2.58. The van der Waals surface area contributed by atoms with Crippen LogP contribution in [0.5, 0.6) is 0 Å². The number of carbonyl (C=O) groups is 1. The molecule has 0 fully saturated rings. The van der Waals surface area contributed by atoms with Gasteiger partial charge in [0.25, 0.3) is 0 Å². The summed E-state index contributed by atoms with van der Waals surface area (Å²) in [6, 6.07) is 6.30. The lowest BCUT2D eigenvalue weighted by atomic mass is 10.1. The normalized spacial score (nSPS) is 11.1. The van der Waals surface area contributed by atoms with Gasteiger partial charge in [0.15, 0.2) is 11.0 Å². The van der Waals surface area contributed by atoms with Crippen molar-refractivity contribution < 1.29 is 4.79 Å². The SMILES string of the molecule is Cc1ccc(-c2cnc(NC(=O)Cn3nnnc3C(C)C)s2)c(C)c1. The lowest BCUT2D eigenvalue weighted by Gasteiger charge is -2.06. The van der Waals surface area contributed by atoms with Crippen LogP contribution in [-0.4, -0.2) is 31.1 Å². The monoisotopic (exact) mass is 356 g/mol. The van der Waals surface area contributed by atoms with E-state index in [0.29, 0.717) is 11.0 Å². The summed E-state index contributed by atoms with van der Waals surface area (Å²) >= 11 is 1.45. The quantitative estimate of drug-likeness (QED) is 0.759. The second-order valence-electron chi connectivity index (χ2n) is 6.25. The summed E-state index contributed by atoms with van der Waals surface area (Å²) in [6.07, 6.45) is 1.79. The Morgan fingerprint density at radius 1 is 1.32 bits per heavy atom. The van der Waals surface area contributed by atoms with Crippen LogP contribution in [0.25, 0.3) is 10.4 Å². The van der Waals surface area contributed by atoms with Gasteiger partial charge in [0.2, 0.25) is 5.91 Å². The number of anilines is 1. The number of amides is 1. The lowest BCUT2D eigenvalue weighted by molar-refractivity contribution is -0.117. The van der Waals surface area contributed by atoms with E-state index >= 15 is 0 Å². The topological polar surface area (TPSA) is 85.6 Å². The number of carbonyl (C=O) groups excluding carboxylic acids is 1. The standard InChI is InChI=1S/C17H20N6OS/c1-10(2)16-20-21-22-23(16)9-15(24)19-17-18-8-14(25-17)13-6-5-11(3)7-12(13)4/h5-8,10H,9H2,1-4H3,(H,18,19,24). The molecule has 7 nitrogen and oxygen atoms in total. The third-order valence-electron chi connectivity index (χ3n) is 3.77. The number of nitrogens with one attached hydrogen (secondary N) is 1. The highest BCUT2D eigenvalue weighted by molar-refractivity contribution is 7.19. The summed E-state index contributed by atoms with van der Waals surface area (Å²) in [7, 11) is 0. The maximum absolute atomic E-state index is 12.3. The summed E-state index contributed by atoms with van der Waals surface area (Å²) < 4.78 is 1.51. The number of rotatable bonds is 5. The number of hydrogen-bond acceptors (Lipinski definition) is 6. The summed E-state index contributed by atoms with van der Waals surface area (Å²) in [5, 5.41) is 14.8. The average molecular weight is 356 g/mol. The number of hydrogen-bond donors (Lipinski definition) is 1. The average Bonchev–Trinajstić information content (AvgIpc) is 3.16. The zero-order valence-electron chi connectivity index (χ0n) is 14.6. The summed E-state index contributed by atoms with van der Waals surface area (Å²) in [6.45, 7) is 8.18. The number of nitrogens with zero attached hydrogens (tertiary/aromatic N) is 5. The molecule has 0 radical (unpaired) electrons. The largest absolute Gasteiger partial charge is 0.300 e. The third kappa shape index (κ3) is 3.90. The third-order valence-corrected chi connectivity index (χ3v) is 4.71. The molecule has 0 aliphatic carbocycles. The fourth-order valence-corrected chi connectivity index (χ4v) is 3.50. The van der Waals surface area contributed by atoms with Gasteiger partial charge in [-0.15, -0.1) is 5.10 Å². The van der Waals surface area contributed by atoms with Crippen LogP contribution in [-0.2, 0) is 11.3 Å². The highest BCUT2D eigenvalue weighted by Gasteiger charge is 2.15. The molecule has 1 N–H and O–H groups in total. The van der Waals surface area contributed by atoms with E-state index in [-0.39, 0.29) is 18.4 Å². The summed E-state index contributed by atoms with van der Waals surface area (Å²) in [5.74, 6) is 0.639. The molecular weight excluding hydrogens is 336 g/mol. The summed E-state index contributed by atoms with van der Waals surface area (Å²) in [4.78, 5) is 17.6. The molecule has 0 saturated carbocycles. The van der Waals surface area contributed by atoms with Crippen molar-refractivity contribution in [3.05, 3.63) is 41.3 Å². The number of tetrazole rings is 1. The Morgan fingerprint density at radius 3 is 2.84 bits per heavy atom. The van der Waals surface area contributed by atoms with Crippen molar-refractivity contribution in [3.8, 4) is 10.4 Å². The van der Waals surface area contributed by atoms with Crippen molar-refractivity contribution in [1.29, 1.82) is 0 Å². The molecule has 3 aromatic rings. The molecule has 0 spiro atoms. The molecule has 0 bridgehead atoms. The molecule has 0 saturated heterocycles. The Kier molecular flexibility index (Phi) is 4.89. The van der Waals surface area contributed by atoms with Crippen LogP contribution in [0.4, 0.5) is 5.13 Å². The second-order valence-corrected chi connectivity index (χ2v) is 7.28. The van der Waals surface area contributed by atoms with Crippen molar-refractivity contribution in [2.24, 2.45) is 0 Å². The van der Waals surface area contributed by atoms with Gasteiger partial charge >= 0.3 is 0 Å². The molecular formula is C17H20N6OS. The molecule has 2 aromatic heterocycles. The second kappa shape index (κ2) is 7.10. The van der Waals surface area contributed by atoms with Gasteiger partial charge in [-0.1, -0.05) is 48.9 Å². The van der Waals surface area contributed by atoms with Gasteiger partial charge in [-0.25, -0.2) is 9.67 Å². The zero-order valence-corrected chi connectivity index (χ0v) is 15.5. The Bertz CT molecular complexity index is 898. The van der Waals surface area contributed by atoms with Crippen LogP contribution in [0.15, 0.2) is 24.4 Å². The maximum Gasteiger partial charge on any atom is 0.248 e. The smallest absolute Gasteiger partial charge is 0.248 e. The molecule has 0 aliphatic rings. The molecule has 3 rings (SSSR count). The van der Waals surface area contributed by atoms with Crippen molar-refractivity contribution in [3.63, 3.8) is 0 Å². The van der Waals surface area contributed by atoms with Crippen LogP contribution in [0.1, 0.15) is 36.7 Å². The Hall–Kier alpha value is -2.61. The fraction of sp³-hybridized carbons (Fsp3) is 0.353. The van der Waals surface area contributed by atoms with Crippen molar-refractivity contribution in [2.75, 3.05) is 5.32 Å². The molecule has 0 atom stereocenters. The van der Waals surface area contributed by atoms with Gasteiger partial charge < -0.3 is 5.32 Å². The minimum atomic E-state index is -0.198. The van der Waals surface area contributed by atoms with Crippen molar-refractivity contribution >= 4 is 22.4 Å². The minimum Gasteiger partial charge on any atom is -0.300 e. The van der Waals surface area contributed by atoms with E-state index < -0.39 is 0 Å². The predicted octanol–water partition coefficient (Wildman–Crippen LogP) is 3.18. The van der Waals surface area contributed by atoms with E-state index in [2.05, 4.69) is 57.9 Å². The summed E-state index contributed by atoms with van der Waals surface area (Å²) in [5.41, 5.74) is 3.55. The van der Waals surface area contributed by atoms with Gasteiger partial charge in [0.1, 0.15) is 6.54 Å². The molecule has 8 heteroatoms. The maximum atomic E-state index is 12.3. The van der Waals surface area contributed by atoms with Gasteiger partial charge in [-0.05, 0) is 35.4 Å². The van der Waals surface area contributed by atoms with Crippen LogP contribution in [0.3, 0.4) is 0 Å². The first-order chi connectivity index (χ1) is 11.9. The van der Waals surface area contributed by atoms with Crippen LogP contribution in [0, 0.1) is 13.8 Å². The molecule has 2 heterocycles. The highest BCUT2D eigenvalue weighted by Crippen LogP contribution is 2.31. The lowest BCUT2D eigenvalue weighted by Crippen LogP contribution is -2.21. The van der Waals surface area contributed by atoms with Crippen molar-refractivity contribution in [1.82, 2.24) is 25.2 Å². The van der Waals surface area contributed by atoms with E-state index in [4.69, 9.17) is 0 Å². The van der Waals surface area contributed by atoms with Crippen LogP contribution in [0.2, 0.25) is 0 Å². The van der Waals surface area contributed by atoms with Crippen LogP contribution >= 0.6 is 11.3 Å². The van der Waals surface area contributed by atoms with Gasteiger partial charge in [-0.2, -0.15) is 0 Å². The first kappa shape index (κ1) is 17.2. The first-order valence-electron chi connectivity index (χ1n) is 8.03. The van der Waals surface area contributed by atoms with Crippen LogP contribution < -0.4 is 5.32 Å². The molecule has 1 aromatic carbocycles. The van der Waals surface area contributed by atoms with E-state index in [1.807, 2.05) is 13.8 Å². The van der Waals surface area contributed by atoms with Gasteiger partial charge in [-0.3, -0.25) is 4.79 Å². The van der Waals surface area contributed by atoms with E-state index in [1.165, 1.54) is 27.1 Å². The predicted molar refractivity (Wildman–Crippen MR) is 97.6 cm³/mol. The Morgan fingerprint density at radius 2 is 2.12 bits per heavy atom. The van der Waals surface area contributed by atoms with Gasteiger partial charge in [0.05, 0.1) is 4.88 Å². The van der Waals surface area contributed by atoms with E-state index in [9.17, 15) is 4.79 Å². The Labute approximate surface area is 150 Å². The van der Waals surface area contributed by atoms with Gasteiger partial charge in [0, 0.05) is 12.1 Å². The molecule has 130 valence electrons. The number of aromatic nitrogens is 5. The molecule has 1 amide bonds. The Balaban J connectivity index is 1.71. The zero-order chi connectivity index (χ0) is 18.0. The minimum absolute atomic E-state index is 0.0684. The molecule has 0 unspecified atom stereocenters. The number of thiazole rings is 1. The molecule has 0 aliphatic heterocycles. The first-order valence-corrected chi connectivity index (χ1v) is 8.85.